The van der Waals surface area contributed by atoms with Gasteiger partial charge in [0.1, 0.15) is 18.5 Å². The zero-order chi connectivity index (χ0) is 23.8. The van der Waals surface area contributed by atoms with Crippen molar-refractivity contribution < 1.29 is 23.8 Å². The van der Waals surface area contributed by atoms with E-state index in [-0.39, 0.29) is 42.8 Å². The number of rotatable bonds is 11. The van der Waals surface area contributed by atoms with E-state index in [9.17, 15) is 9.59 Å². The number of carbonyl (C=O) groups excluding carboxylic acids is 2. The number of nitrogens with one attached hydrogen (secondary N) is 1. The first kappa shape index (κ1) is 24.9. The number of amides is 1. The van der Waals surface area contributed by atoms with Crippen LogP contribution in [0.3, 0.4) is 0 Å². The highest BCUT2D eigenvalue weighted by Gasteiger charge is 2.27. The third-order valence-corrected chi connectivity index (χ3v) is 6.81. The van der Waals surface area contributed by atoms with Gasteiger partial charge in [-0.3, -0.25) is 9.59 Å². The Morgan fingerprint density at radius 1 is 1.21 bits per heavy atom. The normalized spacial score (nSPS) is 25.5. The first-order valence-electron chi connectivity index (χ1n) is 12.8. The molecule has 2 unspecified atom stereocenters. The number of likely N-dealkylation sites (tertiary alicyclic amines) is 1. The maximum atomic E-state index is 12.8. The van der Waals surface area contributed by atoms with Gasteiger partial charge in [0.2, 0.25) is 5.91 Å². The van der Waals surface area contributed by atoms with E-state index in [0.29, 0.717) is 31.8 Å². The number of hydrogen-bond acceptors (Lipinski definition) is 6. The van der Waals surface area contributed by atoms with Gasteiger partial charge in [-0.25, -0.2) is 0 Å². The van der Waals surface area contributed by atoms with E-state index >= 15 is 0 Å². The minimum atomic E-state index is -0.0602. The molecule has 0 aromatic rings. The van der Waals surface area contributed by atoms with Crippen molar-refractivity contribution in [2.45, 2.75) is 70.1 Å². The first-order valence-corrected chi connectivity index (χ1v) is 12.8. The van der Waals surface area contributed by atoms with Gasteiger partial charge in [-0.05, 0) is 51.8 Å². The summed E-state index contributed by atoms with van der Waals surface area (Å²) in [5.41, 5.74) is 1.95. The lowest BCUT2D eigenvalue weighted by Gasteiger charge is -2.31. The van der Waals surface area contributed by atoms with E-state index in [2.05, 4.69) is 16.3 Å². The third-order valence-electron chi connectivity index (χ3n) is 6.81. The summed E-state index contributed by atoms with van der Waals surface area (Å²) in [5.74, 6) is 0.863. The topological polar surface area (TPSA) is 77.1 Å². The molecule has 0 aromatic heterocycles. The Kier molecular flexibility index (Phi) is 9.13. The van der Waals surface area contributed by atoms with Crippen LogP contribution in [0, 0.1) is 0 Å². The summed E-state index contributed by atoms with van der Waals surface area (Å²) < 4.78 is 17.1. The predicted octanol–water partition coefficient (Wildman–Crippen LogP) is 3.23. The molecule has 0 bridgehead atoms. The molecule has 0 spiro atoms. The Morgan fingerprint density at radius 3 is 2.82 bits per heavy atom. The van der Waals surface area contributed by atoms with Crippen LogP contribution in [0.1, 0.15) is 51.9 Å². The average Bonchev–Trinajstić information content (AvgIpc) is 3.36. The molecule has 2 aliphatic heterocycles. The lowest BCUT2D eigenvalue weighted by molar-refractivity contribution is -0.124. The highest BCUT2D eigenvalue weighted by molar-refractivity contribution is 5.99. The molecule has 34 heavy (non-hydrogen) atoms. The number of allylic oxidation sites excluding steroid dienone is 4. The summed E-state index contributed by atoms with van der Waals surface area (Å²) in [4.78, 5) is 27.8. The second kappa shape index (κ2) is 12.5. The van der Waals surface area contributed by atoms with Crippen molar-refractivity contribution in [2.24, 2.45) is 0 Å². The van der Waals surface area contributed by atoms with E-state index in [1.807, 2.05) is 31.2 Å². The SMILES string of the molecule is CCOC1C=CC(C(=O)CCC(=O)N[C@@H](CC2=CC=C3OCCOC3C2)CN2CCCC2)=CC1. The monoisotopic (exact) mass is 470 g/mol. The number of fused-ring (bicyclic) bond motifs is 1. The van der Waals surface area contributed by atoms with Gasteiger partial charge in [-0.15, -0.1) is 0 Å². The van der Waals surface area contributed by atoms with Crippen LogP contribution >= 0.6 is 0 Å². The standard InChI is InChI=1S/C27H38N2O5/c1-2-32-23-8-6-21(7-9-23)24(30)10-12-27(31)28-22(19-29-13-3-4-14-29)17-20-5-11-25-26(18-20)34-16-15-33-25/h5-8,11,22-23,26H,2-4,9-10,12-19H2,1H3,(H,28,31)/t22-,23?,26?/m0/s1. The van der Waals surface area contributed by atoms with Crippen LogP contribution in [0.4, 0.5) is 0 Å². The van der Waals surface area contributed by atoms with Gasteiger partial charge in [0.05, 0.1) is 12.7 Å². The highest BCUT2D eigenvalue weighted by atomic mass is 16.6. The minimum Gasteiger partial charge on any atom is -0.493 e. The molecule has 2 fully saturated rings. The van der Waals surface area contributed by atoms with E-state index in [1.54, 1.807) is 0 Å². The molecule has 7 nitrogen and oxygen atoms in total. The minimum absolute atomic E-state index is 0.00587. The second-order valence-corrected chi connectivity index (χ2v) is 9.45. The Morgan fingerprint density at radius 2 is 2.06 bits per heavy atom. The molecule has 1 N–H and O–H groups in total. The number of ketones is 1. The van der Waals surface area contributed by atoms with E-state index in [1.165, 1.54) is 18.4 Å². The smallest absolute Gasteiger partial charge is 0.220 e. The van der Waals surface area contributed by atoms with Gasteiger partial charge in [-0.2, -0.15) is 0 Å². The van der Waals surface area contributed by atoms with E-state index in [0.717, 1.165) is 38.2 Å². The van der Waals surface area contributed by atoms with Gasteiger partial charge < -0.3 is 24.4 Å². The van der Waals surface area contributed by atoms with Gasteiger partial charge in [0, 0.05) is 44.0 Å². The molecular formula is C27H38N2O5. The molecule has 4 rings (SSSR count). The van der Waals surface area contributed by atoms with Crippen molar-refractivity contribution >= 4 is 11.7 Å². The molecule has 0 aromatic carbocycles. The molecule has 4 aliphatic rings. The van der Waals surface area contributed by atoms with Crippen LogP contribution in [-0.2, 0) is 23.8 Å². The first-order chi connectivity index (χ1) is 16.6. The maximum Gasteiger partial charge on any atom is 0.220 e. The predicted molar refractivity (Wildman–Crippen MR) is 130 cm³/mol. The summed E-state index contributed by atoms with van der Waals surface area (Å²) in [5, 5.41) is 3.22. The largest absolute Gasteiger partial charge is 0.493 e. The Balaban J connectivity index is 1.29. The fraction of sp³-hybridized carbons (Fsp3) is 0.630. The second-order valence-electron chi connectivity index (χ2n) is 9.45. The maximum absolute atomic E-state index is 12.8. The highest BCUT2D eigenvalue weighted by Crippen LogP contribution is 2.28. The number of nitrogens with zero attached hydrogens (tertiary/aromatic N) is 1. The Hall–Kier alpha value is -2.22. The molecule has 1 amide bonds. The zero-order valence-electron chi connectivity index (χ0n) is 20.3. The lowest BCUT2D eigenvalue weighted by atomic mass is 9.94. The number of Topliss-reactive ketones (excluding diaryl/α,β-unsaturated/α-hetero) is 1. The summed E-state index contributed by atoms with van der Waals surface area (Å²) in [6.07, 6.45) is 15.0. The molecule has 0 saturated carbocycles. The van der Waals surface area contributed by atoms with Gasteiger partial charge in [0.25, 0.3) is 0 Å². The zero-order valence-corrected chi connectivity index (χ0v) is 20.3. The third kappa shape index (κ3) is 7.14. The Bertz CT molecular complexity index is 853. The van der Waals surface area contributed by atoms with Crippen LogP contribution in [0.5, 0.6) is 0 Å². The molecule has 3 atom stereocenters. The summed E-state index contributed by atoms with van der Waals surface area (Å²) in [6, 6.07) is 0.0205. The van der Waals surface area contributed by atoms with Crippen molar-refractivity contribution in [3.63, 3.8) is 0 Å². The van der Waals surface area contributed by atoms with Gasteiger partial charge >= 0.3 is 0 Å². The fourth-order valence-corrected chi connectivity index (χ4v) is 5.07. The molecule has 2 heterocycles. The van der Waals surface area contributed by atoms with Gasteiger partial charge in [0.15, 0.2) is 5.78 Å². The quantitative estimate of drug-likeness (QED) is 0.500. The fourth-order valence-electron chi connectivity index (χ4n) is 5.07. The molecule has 7 heteroatoms. The molecule has 2 aliphatic carbocycles. The Labute approximate surface area is 202 Å². The molecule has 2 saturated heterocycles. The van der Waals surface area contributed by atoms with Crippen LogP contribution < -0.4 is 5.32 Å². The number of ether oxygens (including phenoxy) is 3. The summed E-state index contributed by atoms with van der Waals surface area (Å²) >= 11 is 0. The van der Waals surface area contributed by atoms with Crippen LogP contribution in [0.2, 0.25) is 0 Å². The number of hydrogen-bond donors (Lipinski definition) is 1. The summed E-state index contributed by atoms with van der Waals surface area (Å²) in [7, 11) is 0. The van der Waals surface area contributed by atoms with Crippen molar-refractivity contribution in [1.29, 1.82) is 0 Å². The average molecular weight is 471 g/mol. The van der Waals surface area contributed by atoms with Crippen molar-refractivity contribution in [3.8, 4) is 0 Å². The molecular weight excluding hydrogens is 432 g/mol. The van der Waals surface area contributed by atoms with E-state index in [4.69, 9.17) is 14.2 Å². The molecule has 0 radical (unpaired) electrons. The van der Waals surface area contributed by atoms with Gasteiger partial charge in [-0.1, -0.05) is 29.9 Å². The number of carbonyl (C=O) groups is 2. The molecule has 186 valence electrons. The van der Waals surface area contributed by atoms with Crippen LogP contribution in [0.25, 0.3) is 0 Å². The summed E-state index contributed by atoms with van der Waals surface area (Å²) in [6.45, 7) is 6.84. The van der Waals surface area contributed by atoms with Crippen LogP contribution in [0.15, 0.2) is 47.3 Å². The van der Waals surface area contributed by atoms with E-state index < -0.39 is 0 Å². The van der Waals surface area contributed by atoms with Crippen molar-refractivity contribution in [3.05, 3.63) is 47.3 Å². The lowest BCUT2D eigenvalue weighted by Crippen LogP contribution is -2.43. The van der Waals surface area contributed by atoms with Crippen molar-refractivity contribution in [2.75, 3.05) is 39.5 Å². The van der Waals surface area contributed by atoms with Crippen molar-refractivity contribution in [1.82, 2.24) is 10.2 Å². The van der Waals surface area contributed by atoms with Crippen LogP contribution in [-0.4, -0.2) is 74.3 Å².